The third-order valence-electron chi connectivity index (χ3n) is 12.7. The number of nitrogens with one attached hydrogen (secondary N) is 2. The fourth-order valence-electron chi connectivity index (χ4n) is 10.2. The molecular formula is C50H74N6O4Si. The van der Waals surface area contributed by atoms with Gasteiger partial charge in [-0.1, -0.05) is 102 Å². The van der Waals surface area contributed by atoms with E-state index >= 15 is 0 Å². The van der Waals surface area contributed by atoms with E-state index in [1.54, 1.807) is 24.8 Å². The van der Waals surface area contributed by atoms with Crippen LogP contribution >= 0.6 is 0 Å². The van der Waals surface area contributed by atoms with Crippen LogP contribution in [0.4, 0.5) is 0 Å². The van der Waals surface area contributed by atoms with E-state index in [-0.39, 0.29) is 36.4 Å². The molecule has 2 saturated heterocycles. The van der Waals surface area contributed by atoms with Gasteiger partial charge in [0.15, 0.2) is 11.5 Å². The van der Waals surface area contributed by atoms with Crippen LogP contribution in [-0.4, -0.2) is 70.4 Å². The minimum Gasteiger partial charge on any atom is -0.488 e. The van der Waals surface area contributed by atoms with Crippen LogP contribution in [0.3, 0.4) is 0 Å². The van der Waals surface area contributed by atoms with Crippen molar-refractivity contribution in [3.05, 3.63) is 97.1 Å². The maximum atomic E-state index is 12.8. The van der Waals surface area contributed by atoms with Gasteiger partial charge in [-0.3, -0.25) is 0 Å². The number of piperidine rings is 2. The molecule has 2 aromatic heterocycles. The lowest BCUT2D eigenvalue weighted by molar-refractivity contribution is 0.0429. The van der Waals surface area contributed by atoms with Crippen molar-refractivity contribution in [2.24, 2.45) is 23.7 Å². The summed E-state index contributed by atoms with van der Waals surface area (Å²) >= 11 is 0. The Hall–Kier alpha value is -3.74. The summed E-state index contributed by atoms with van der Waals surface area (Å²) in [5, 5.41) is 22.6. The van der Waals surface area contributed by atoms with Crippen LogP contribution in [0.1, 0.15) is 138 Å². The predicted octanol–water partition coefficient (Wildman–Crippen LogP) is 8.76. The number of aromatic nitrogens is 4. The van der Waals surface area contributed by atoms with E-state index in [1.165, 1.54) is 10.4 Å². The highest BCUT2D eigenvalue weighted by atomic mass is 28.4. The molecule has 11 heteroatoms. The molecule has 0 aliphatic carbocycles. The first kappa shape index (κ1) is 46.8. The number of hydrogen-bond donors (Lipinski definition) is 3. The number of nitrogens with zero attached hydrogens (tertiary/aromatic N) is 4. The molecule has 61 heavy (non-hydrogen) atoms. The SMILES string of the molecule is CC(C)CC1CCC(c2ncc(OC(C)C)cn2)NC1CO[Si](c1ccccc1)(c1ccccc1)C(C)(C)CC(O)C1NC(c2ncc(OC(C)C)cn2)CCC1CC(C)C. The fourth-order valence-corrected chi connectivity index (χ4v) is 15.1. The van der Waals surface area contributed by atoms with Gasteiger partial charge in [0, 0.05) is 12.1 Å². The summed E-state index contributed by atoms with van der Waals surface area (Å²) in [6.45, 7) is 22.4. The van der Waals surface area contributed by atoms with E-state index in [2.05, 4.69) is 113 Å². The van der Waals surface area contributed by atoms with Crippen molar-refractivity contribution in [3.8, 4) is 11.5 Å². The summed E-state index contributed by atoms with van der Waals surface area (Å²) in [6.07, 6.45) is 13.2. The number of hydrogen-bond acceptors (Lipinski definition) is 10. The number of aliphatic hydroxyl groups is 1. The lowest BCUT2D eigenvalue weighted by Gasteiger charge is -2.49. The van der Waals surface area contributed by atoms with Crippen molar-refractivity contribution in [2.45, 2.75) is 162 Å². The van der Waals surface area contributed by atoms with Gasteiger partial charge in [-0.2, -0.15) is 0 Å². The van der Waals surface area contributed by atoms with E-state index in [0.29, 0.717) is 48.2 Å². The zero-order chi connectivity index (χ0) is 43.7. The van der Waals surface area contributed by atoms with Gasteiger partial charge in [-0.15, -0.1) is 0 Å². The molecule has 4 aromatic rings. The molecule has 10 nitrogen and oxygen atoms in total. The number of benzene rings is 2. The smallest absolute Gasteiger partial charge is 0.261 e. The van der Waals surface area contributed by atoms with E-state index < -0.39 is 19.5 Å². The molecule has 2 aromatic carbocycles. The van der Waals surface area contributed by atoms with Crippen molar-refractivity contribution in [1.82, 2.24) is 30.6 Å². The van der Waals surface area contributed by atoms with Crippen LogP contribution in [0.2, 0.25) is 5.04 Å². The Morgan fingerprint density at radius 1 is 0.639 bits per heavy atom. The lowest BCUT2D eigenvalue weighted by atomic mass is 9.78. The summed E-state index contributed by atoms with van der Waals surface area (Å²) in [7, 11) is -3.15. The molecule has 3 N–H and O–H groups in total. The molecule has 0 spiro atoms. The molecule has 2 fully saturated rings. The number of ether oxygens (including phenoxy) is 2. The summed E-state index contributed by atoms with van der Waals surface area (Å²) in [6, 6.07) is 21.6. The number of rotatable bonds is 19. The minimum absolute atomic E-state index is 0.00980. The van der Waals surface area contributed by atoms with E-state index in [0.717, 1.165) is 50.2 Å². The fraction of sp³-hybridized carbons (Fsp3) is 0.600. The molecule has 2 aliphatic rings. The highest BCUT2D eigenvalue weighted by Gasteiger charge is 2.55. The molecule has 0 bridgehead atoms. The van der Waals surface area contributed by atoms with Gasteiger partial charge in [0.1, 0.15) is 11.6 Å². The van der Waals surface area contributed by atoms with Crippen LogP contribution in [0.15, 0.2) is 85.5 Å². The van der Waals surface area contributed by atoms with Crippen molar-refractivity contribution >= 4 is 18.7 Å². The first-order valence-electron chi connectivity index (χ1n) is 23.1. The molecule has 332 valence electrons. The van der Waals surface area contributed by atoms with Crippen LogP contribution in [0.5, 0.6) is 11.5 Å². The number of aliphatic hydroxyl groups excluding tert-OH is 1. The Morgan fingerprint density at radius 2 is 1.08 bits per heavy atom. The lowest BCUT2D eigenvalue weighted by Crippen LogP contribution is -2.69. The second-order valence-corrected chi connectivity index (χ2v) is 23.9. The topological polar surface area (TPSA) is 124 Å². The average Bonchev–Trinajstić information content (AvgIpc) is 3.22. The quantitative estimate of drug-likeness (QED) is 0.0790. The van der Waals surface area contributed by atoms with Gasteiger partial charge in [-0.05, 0) is 112 Å². The minimum atomic E-state index is -3.15. The van der Waals surface area contributed by atoms with Gasteiger partial charge in [0.2, 0.25) is 0 Å². The van der Waals surface area contributed by atoms with Crippen LogP contribution in [-0.2, 0) is 4.43 Å². The van der Waals surface area contributed by atoms with Crippen LogP contribution < -0.4 is 30.5 Å². The third kappa shape index (κ3) is 11.8. The Labute approximate surface area is 367 Å². The summed E-state index contributed by atoms with van der Waals surface area (Å²) in [5.74, 6) is 4.69. The highest BCUT2D eigenvalue weighted by Crippen LogP contribution is 2.45. The largest absolute Gasteiger partial charge is 0.488 e. The first-order valence-corrected chi connectivity index (χ1v) is 25.0. The first-order chi connectivity index (χ1) is 29.1. The maximum absolute atomic E-state index is 12.8. The van der Waals surface area contributed by atoms with E-state index in [4.69, 9.17) is 33.8 Å². The molecule has 6 rings (SSSR count). The Kier molecular flexibility index (Phi) is 16.2. The molecule has 7 unspecified atom stereocenters. The third-order valence-corrected chi connectivity index (χ3v) is 17.7. The molecule has 2 aliphatic heterocycles. The molecular weight excluding hydrogens is 777 g/mol. The Balaban J connectivity index is 1.33. The van der Waals surface area contributed by atoms with Crippen molar-refractivity contribution < 1.29 is 19.0 Å². The predicted molar refractivity (Wildman–Crippen MR) is 248 cm³/mol. The molecule has 0 saturated carbocycles. The zero-order valence-electron chi connectivity index (χ0n) is 38.6. The van der Waals surface area contributed by atoms with Crippen molar-refractivity contribution in [3.63, 3.8) is 0 Å². The van der Waals surface area contributed by atoms with E-state index in [1.807, 2.05) is 27.7 Å². The summed E-state index contributed by atoms with van der Waals surface area (Å²) < 4.78 is 19.5. The Bertz CT molecular complexity index is 1860. The van der Waals surface area contributed by atoms with Gasteiger partial charge in [-0.25, -0.2) is 19.9 Å². The Morgan fingerprint density at radius 3 is 1.54 bits per heavy atom. The molecule has 7 atom stereocenters. The summed E-state index contributed by atoms with van der Waals surface area (Å²) in [5.41, 5.74) is 0. The molecule has 0 radical (unpaired) electrons. The van der Waals surface area contributed by atoms with Crippen molar-refractivity contribution in [2.75, 3.05) is 6.61 Å². The maximum Gasteiger partial charge on any atom is 0.261 e. The van der Waals surface area contributed by atoms with Crippen molar-refractivity contribution in [1.29, 1.82) is 0 Å². The van der Waals surface area contributed by atoms with Crippen LogP contribution in [0.25, 0.3) is 0 Å². The van der Waals surface area contributed by atoms with Gasteiger partial charge < -0.3 is 29.6 Å². The molecule has 4 heterocycles. The normalized spacial score (nSPS) is 23.1. The van der Waals surface area contributed by atoms with Gasteiger partial charge >= 0.3 is 0 Å². The van der Waals surface area contributed by atoms with Gasteiger partial charge in [0.05, 0.1) is 61.8 Å². The summed E-state index contributed by atoms with van der Waals surface area (Å²) in [4.78, 5) is 19.1. The second-order valence-electron chi connectivity index (χ2n) is 19.8. The van der Waals surface area contributed by atoms with Gasteiger partial charge in [0.25, 0.3) is 8.32 Å². The van der Waals surface area contributed by atoms with E-state index in [9.17, 15) is 5.11 Å². The second kappa shape index (κ2) is 21.1. The molecule has 0 amide bonds. The monoisotopic (exact) mass is 851 g/mol. The standard InChI is InChI=1S/C50H74N6O4Si/c1-33(2)25-37-21-23-43(48-51-28-39(29-52-48)59-35(5)6)55-45(37)32-58-61(41-17-13-11-14-18-41,42-19-15-12-16-20-42)50(9,10)27-46(57)47-38(26-34(3)4)22-24-44(56-47)49-53-30-40(31-54-49)60-36(7)8/h11-20,28-31,33-38,43-47,55-57H,21-27,32H2,1-10H3. The average molecular weight is 851 g/mol. The van der Waals surface area contributed by atoms with Crippen LogP contribution in [0, 0.1) is 23.7 Å². The highest BCUT2D eigenvalue weighted by molar-refractivity contribution is 6.99. The zero-order valence-corrected chi connectivity index (χ0v) is 39.6.